The summed E-state index contributed by atoms with van der Waals surface area (Å²) in [4.78, 5) is 18.6. The fourth-order valence-corrected chi connectivity index (χ4v) is 1.65. The molecular formula is C11H7Cl2N3O2. The number of halogens is 2. The number of nitrogens with zero attached hydrogens (tertiary/aromatic N) is 2. The minimum atomic E-state index is -1.23. The molecule has 2 aromatic rings. The molecule has 1 aromatic carbocycles. The predicted molar refractivity (Wildman–Crippen MR) is 68.9 cm³/mol. The highest BCUT2D eigenvalue weighted by Gasteiger charge is 2.13. The van der Waals surface area contributed by atoms with Crippen molar-refractivity contribution in [2.75, 3.05) is 5.73 Å². The molecule has 3 N–H and O–H groups in total. The normalized spacial score (nSPS) is 10.3. The van der Waals surface area contributed by atoms with Crippen LogP contribution in [0.5, 0.6) is 0 Å². The number of anilines is 1. The Hall–Kier alpha value is -1.85. The van der Waals surface area contributed by atoms with Gasteiger partial charge in [0, 0.05) is 5.56 Å². The van der Waals surface area contributed by atoms with E-state index in [9.17, 15) is 4.79 Å². The summed E-state index contributed by atoms with van der Waals surface area (Å²) in [6.45, 7) is 0. The van der Waals surface area contributed by atoms with E-state index in [1.54, 1.807) is 18.2 Å². The Balaban J connectivity index is 2.54. The number of aromatic nitrogens is 2. The highest BCUT2D eigenvalue weighted by molar-refractivity contribution is 6.42. The molecule has 92 valence electrons. The van der Waals surface area contributed by atoms with Crippen molar-refractivity contribution in [3.8, 4) is 11.3 Å². The number of nitrogen functional groups attached to an aromatic ring is 1. The Labute approximate surface area is 112 Å². The minimum absolute atomic E-state index is 0.133. The van der Waals surface area contributed by atoms with Gasteiger partial charge in [0.25, 0.3) is 0 Å². The zero-order chi connectivity index (χ0) is 13.3. The summed E-state index contributed by atoms with van der Waals surface area (Å²) < 4.78 is 0. The molecule has 0 amide bonds. The first kappa shape index (κ1) is 12.6. The first-order valence-corrected chi connectivity index (χ1v) is 5.56. The maximum Gasteiger partial charge on any atom is 0.358 e. The number of carboxylic acid groups (broad SMARTS) is 1. The van der Waals surface area contributed by atoms with Crippen molar-refractivity contribution in [3.63, 3.8) is 0 Å². The van der Waals surface area contributed by atoms with Crippen molar-refractivity contribution in [1.82, 2.24) is 9.97 Å². The molecule has 0 saturated carbocycles. The molecule has 0 unspecified atom stereocenters. The smallest absolute Gasteiger partial charge is 0.358 e. The number of rotatable bonds is 2. The summed E-state index contributed by atoms with van der Waals surface area (Å²) in [6.07, 6.45) is 1.38. The molecule has 18 heavy (non-hydrogen) atoms. The molecule has 0 aliphatic heterocycles. The third kappa shape index (κ3) is 2.37. The van der Waals surface area contributed by atoms with Crippen LogP contribution in [0.15, 0.2) is 24.4 Å². The zero-order valence-electron chi connectivity index (χ0n) is 8.89. The van der Waals surface area contributed by atoms with Crippen molar-refractivity contribution < 1.29 is 9.90 Å². The van der Waals surface area contributed by atoms with Gasteiger partial charge >= 0.3 is 5.97 Å². The van der Waals surface area contributed by atoms with Crippen LogP contribution in [0.2, 0.25) is 10.0 Å². The maximum atomic E-state index is 10.9. The number of hydrogen-bond acceptors (Lipinski definition) is 4. The van der Waals surface area contributed by atoms with Crippen molar-refractivity contribution in [3.05, 3.63) is 40.1 Å². The lowest BCUT2D eigenvalue weighted by Crippen LogP contribution is -2.08. The molecule has 0 aliphatic rings. The second kappa shape index (κ2) is 4.80. The van der Waals surface area contributed by atoms with Crippen LogP contribution in [0, 0.1) is 0 Å². The Kier molecular flexibility index (Phi) is 3.36. The summed E-state index contributed by atoms with van der Waals surface area (Å²) in [7, 11) is 0. The molecule has 0 bridgehead atoms. The van der Waals surface area contributed by atoms with Crippen LogP contribution in [-0.2, 0) is 0 Å². The van der Waals surface area contributed by atoms with Crippen molar-refractivity contribution >= 4 is 35.0 Å². The first-order chi connectivity index (χ1) is 8.49. The van der Waals surface area contributed by atoms with Gasteiger partial charge < -0.3 is 10.8 Å². The summed E-state index contributed by atoms with van der Waals surface area (Å²) in [6, 6.07) is 4.84. The Morgan fingerprint density at radius 2 is 2.00 bits per heavy atom. The SMILES string of the molecule is Nc1ncc(-c2ccc(Cl)c(Cl)c2)nc1C(=O)O. The fraction of sp³-hybridized carbons (Fsp3) is 0. The fourth-order valence-electron chi connectivity index (χ4n) is 1.35. The first-order valence-electron chi connectivity index (χ1n) is 4.80. The molecule has 1 aromatic heterocycles. The van der Waals surface area contributed by atoms with Gasteiger partial charge in [-0.1, -0.05) is 29.3 Å². The van der Waals surface area contributed by atoms with E-state index in [0.29, 0.717) is 21.3 Å². The van der Waals surface area contributed by atoms with Gasteiger partial charge in [0.05, 0.1) is 21.9 Å². The standard InChI is InChI=1S/C11H7Cl2N3O2/c12-6-2-1-5(3-7(6)13)8-4-15-10(14)9(16-8)11(17)18/h1-4H,(H2,14,15)(H,17,18). The highest BCUT2D eigenvalue weighted by Crippen LogP contribution is 2.27. The van der Waals surface area contributed by atoms with Crippen molar-refractivity contribution in [2.24, 2.45) is 0 Å². The van der Waals surface area contributed by atoms with E-state index in [1.807, 2.05) is 0 Å². The van der Waals surface area contributed by atoms with Crippen LogP contribution in [0.1, 0.15) is 10.5 Å². The zero-order valence-corrected chi connectivity index (χ0v) is 10.4. The van der Waals surface area contributed by atoms with E-state index >= 15 is 0 Å². The van der Waals surface area contributed by atoms with Gasteiger partial charge in [0.2, 0.25) is 0 Å². The molecule has 0 fully saturated rings. The molecule has 1 heterocycles. The number of hydrogen-bond donors (Lipinski definition) is 2. The van der Waals surface area contributed by atoms with Gasteiger partial charge in [-0.3, -0.25) is 0 Å². The topological polar surface area (TPSA) is 89.1 Å². The highest BCUT2D eigenvalue weighted by atomic mass is 35.5. The average Bonchev–Trinajstić information content (AvgIpc) is 2.33. The number of benzene rings is 1. The lowest BCUT2D eigenvalue weighted by atomic mass is 10.1. The minimum Gasteiger partial charge on any atom is -0.476 e. The third-order valence-corrected chi connectivity index (χ3v) is 2.96. The molecule has 0 spiro atoms. The van der Waals surface area contributed by atoms with E-state index in [2.05, 4.69) is 9.97 Å². The third-order valence-electron chi connectivity index (χ3n) is 2.22. The van der Waals surface area contributed by atoms with Gasteiger partial charge in [-0.05, 0) is 12.1 Å². The van der Waals surface area contributed by atoms with E-state index in [4.69, 9.17) is 34.0 Å². The predicted octanol–water partition coefficient (Wildman–Crippen LogP) is 2.73. The molecular weight excluding hydrogens is 277 g/mol. The molecule has 0 aliphatic carbocycles. The van der Waals surface area contributed by atoms with Crippen LogP contribution in [0.3, 0.4) is 0 Å². The number of nitrogens with two attached hydrogens (primary N) is 1. The Morgan fingerprint density at radius 1 is 1.28 bits per heavy atom. The van der Waals surface area contributed by atoms with E-state index in [0.717, 1.165) is 0 Å². The Bertz CT molecular complexity index is 632. The number of carboxylic acids is 1. The van der Waals surface area contributed by atoms with Crippen LogP contribution in [-0.4, -0.2) is 21.0 Å². The second-order valence-corrected chi connectivity index (χ2v) is 4.24. The van der Waals surface area contributed by atoms with Crippen LogP contribution < -0.4 is 5.73 Å². The lowest BCUT2D eigenvalue weighted by molar-refractivity contribution is 0.0691. The monoisotopic (exact) mass is 283 g/mol. The van der Waals surface area contributed by atoms with Crippen LogP contribution in [0.25, 0.3) is 11.3 Å². The molecule has 0 atom stereocenters. The van der Waals surface area contributed by atoms with E-state index < -0.39 is 5.97 Å². The van der Waals surface area contributed by atoms with Gasteiger partial charge in [-0.2, -0.15) is 0 Å². The summed E-state index contributed by atoms with van der Waals surface area (Å²) in [5.41, 5.74) is 6.10. The van der Waals surface area contributed by atoms with Gasteiger partial charge in [0.1, 0.15) is 0 Å². The number of carbonyl (C=O) groups is 1. The van der Waals surface area contributed by atoms with Crippen molar-refractivity contribution in [2.45, 2.75) is 0 Å². The molecule has 0 radical (unpaired) electrons. The molecule has 0 saturated heterocycles. The van der Waals surface area contributed by atoms with Crippen LogP contribution >= 0.6 is 23.2 Å². The molecule has 7 heteroatoms. The van der Waals surface area contributed by atoms with Crippen LogP contribution in [0.4, 0.5) is 5.82 Å². The van der Waals surface area contributed by atoms with Crippen molar-refractivity contribution in [1.29, 1.82) is 0 Å². The summed E-state index contributed by atoms with van der Waals surface area (Å²) >= 11 is 11.7. The largest absolute Gasteiger partial charge is 0.476 e. The average molecular weight is 284 g/mol. The lowest BCUT2D eigenvalue weighted by Gasteiger charge is -2.05. The second-order valence-electron chi connectivity index (χ2n) is 3.42. The maximum absolute atomic E-state index is 10.9. The quantitative estimate of drug-likeness (QED) is 0.885. The summed E-state index contributed by atoms with van der Waals surface area (Å²) in [5.74, 6) is -1.37. The molecule has 5 nitrogen and oxygen atoms in total. The van der Waals surface area contributed by atoms with Gasteiger partial charge in [0.15, 0.2) is 11.5 Å². The van der Waals surface area contributed by atoms with E-state index in [1.165, 1.54) is 6.20 Å². The summed E-state index contributed by atoms with van der Waals surface area (Å²) in [5, 5.41) is 9.66. The number of aromatic carboxylic acids is 1. The Morgan fingerprint density at radius 3 is 2.61 bits per heavy atom. The molecule has 2 rings (SSSR count). The van der Waals surface area contributed by atoms with Gasteiger partial charge in [-0.25, -0.2) is 14.8 Å². The van der Waals surface area contributed by atoms with E-state index in [-0.39, 0.29) is 11.5 Å². The van der Waals surface area contributed by atoms with Gasteiger partial charge in [-0.15, -0.1) is 0 Å².